The monoisotopic (exact) mass is 261 g/mol. The van der Waals surface area contributed by atoms with Gasteiger partial charge in [0.15, 0.2) is 0 Å². The molecule has 0 unspecified atom stereocenters. The van der Waals surface area contributed by atoms with Crippen LogP contribution in [0.3, 0.4) is 0 Å². The van der Waals surface area contributed by atoms with E-state index in [1.807, 2.05) is 0 Å². The maximum absolute atomic E-state index is 4.85. The van der Waals surface area contributed by atoms with E-state index < -0.39 is 0 Å². The molecule has 0 amide bonds. The van der Waals surface area contributed by atoms with E-state index in [1.165, 1.54) is 33.2 Å². The van der Waals surface area contributed by atoms with Crippen molar-refractivity contribution in [3.63, 3.8) is 0 Å². The predicted octanol–water partition coefficient (Wildman–Crippen LogP) is 5.14. The highest BCUT2D eigenvalue weighted by molar-refractivity contribution is 5.82. The number of rotatable bonds is 1. The van der Waals surface area contributed by atoms with Crippen LogP contribution in [-0.4, -0.2) is 4.98 Å². The SMILES string of the molecule is Cc1cc(C)c(C)c(-c2ccc3ccc(C)cc3n2)c1. The van der Waals surface area contributed by atoms with Gasteiger partial charge in [-0.3, -0.25) is 0 Å². The van der Waals surface area contributed by atoms with E-state index in [0.717, 1.165) is 11.2 Å². The van der Waals surface area contributed by atoms with E-state index in [1.54, 1.807) is 0 Å². The first kappa shape index (κ1) is 12.9. The van der Waals surface area contributed by atoms with Crippen molar-refractivity contribution in [1.82, 2.24) is 4.98 Å². The predicted molar refractivity (Wildman–Crippen MR) is 86.1 cm³/mol. The van der Waals surface area contributed by atoms with Crippen LogP contribution in [-0.2, 0) is 0 Å². The average molecular weight is 261 g/mol. The molecule has 1 heteroatoms. The molecule has 1 heterocycles. The van der Waals surface area contributed by atoms with Crippen molar-refractivity contribution >= 4 is 10.9 Å². The smallest absolute Gasteiger partial charge is 0.0712 e. The minimum atomic E-state index is 1.06. The topological polar surface area (TPSA) is 12.9 Å². The number of hydrogen-bond acceptors (Lipinski definition) is 1. The van der Waals surface area contributed by atoms with Crippen LogP contribution < -0.4 is 0 Å². The number of pyridine rings is 1. The first-order chi connectivity index (χ1) is 9.54. The normalized spacial score (nSPS) is 11.0. The van der Waals surface area contributed by atoms with Crippen LogP contribution in [0.2, 0.25) is 0 Å². The van der Waals surface area contributed by atoms with Gasteiger partial charge in [0, 0.05) is 10.9 Å². The third-order valence-corrected chi connectivity index (χ3v) is 3.94. The Morgan fingerprint density at radius 2 is 1.50 bits per heavy atom. The maximum Gasteiger partial charge on any atom is 0.0712 e. The van der Waals surface area contributed by atoms with Gasteiger partial charge in [0.05, 0.1) is 11.2 Å². The van der Waals surface area contributed by atoms with E-state index in [2.05, 4.69) is 70.2 Å². The Labute approximate surface area is 120 Å². The van der Waals surface area contributed by atoms with E-state index in [-0.39, 0.29) is 0 Å². The van der Waals surface area contributed by atoms with Gasteiger partial charge >= 0.3 is 0 Å². The molecule has 3 rings (SSSR count). The lowest BCUT2D eigenvalue weighted by Gasteiger charge is -2.11. The summed E-state index contributed by atoms with van der Waals surface area (Å²) in [6.07, 6.45) is 0. The van der Waals surface area contributed by atoms with Gasteiger partial charge in [-0.1, -0.05) is 29.8 Å². The quantitative estimate of drug-likeness (QED) is 0.591. The highest BCUT2D eigenvalue weighted by Gasteiger charge is 2.07. The first-order valence-corrected chi connectivity index (χ1v) is 7.00. The van der Waals surface area contributed by atoms with Crippen LogP contribution in [0, 0.1) is 27.7 Å². The second kappa shape index (κ2) is 4.75. The van der Waals surface area contributed by atoms with Crippen molar-refractivity contribution in [3.8, 4) is 11.3 Å². The van der Waals surface area contributed by atoms with Crippen LogP contribution in [0.25, 0.3) is 22.2 Å². The van der Waals surface area contributed by atoms with Gasteiger partial charge in [-0.05, 0) is 62.6 Å². The number of hydrogen-bond donors (Lipinski definition) is 0. The first-order valence-electron chi connectivity index (χ1n) is 7.00. The number of aryl methyl sites for hydroxylation is 3. The lowest BCUT2D eigenvalue weighted by Crippen LogP contribution is -1.92. The molecule has 1 nitrogen and oxygen atoms in total. The van der Waals surface area contributed by atoms with Gasteiger partial charge < -0.3 is 0 Å². The van der Waals surface area contributed by atoms with E-state index in [9.17, 15) is 0 Å². The summed E-state index contributed by atoms with van der Waals surface area (Å²) in [7, 11) is 0. The molecule has 0 spiro atoms. The lowest BCUT2D eigenvalue weighted by atomic mass is 9.97. The van der Waals surface area contributed by atoms with Gasteiger partial charge in [-0.2, -0.15) is 0 Å². The molecule has 2 aromatic carbocycles. The number of benzene rings is 2. The summed E-state index contributed by atoms with van der Waals surface area (Å²) < 4.78 is 0. The molecule has 20 heavy (non-hydrogen) atoms. The Morgan fingerprint density at radius 1 is 0.750 bits per heavy atom. The van der Waals surface area contributed by atoms with Crippen molar-refractivity contribution in [1.29, 1.82) is 0 Å². The number of nitrogens with zero attached hydrogens (tertiary/aromatic N) is 1. The summed E-state index contributed by atoms with van der Waals surface area (Å²) >= 11 is 0. The standard InChI is InChI=1S/C19H19N/c1-12-5-6-16-7-8-18(20-19(16)11-12)17-10-13(2)9-14(3)15(17)4/h5-11H,1-4H3. The molecule has 0 aliphatic rings. The molecule has 0 aliphatic carbocycles. The van der Waals surface area contributed by atoms with Gasteiger partial charge in [-0.15, -0.1) is 0 Å². The summed E-state index contributed by atoms with van der Waals surface area (Å²) in [5.74, 6) is 0. The Kier molecular flexibility index (Phi) is 3.06. The number of aromatic nitrogens is 1. The van der Waals surface area contributed by atoms with Crippen molar-refractivity contribution in [2.45, 2.75) is 27.7 Å². The molecule has 0 atom stereocenters. The largest absolute Gasteiger partial charge is 0.248 e. The molecule has 0 saturated heterocycles. The average Bonchev–Trinajstić information content (AvgIpc) is 2.42. The fraction of sp³-hybridized carbons (Fsp3) is 0.211. The van der Waals surface area contributed by atoms with Crippen molar-refractivity contribution in [3.05, 3.63) is 64.7 Å². The van der Waals surface area contributed by atoms with Crippen LogP contribution in [0.4, 0.5) is 0 Å². The van der Waals surface area contributed by atoms with Crippen LogP contribution >= 0.6 is 0 Å². The van der Waals surface area contributed by atoms with Gasteiger partial charge in [0.25, 0.3) is 0 Å². The summed E-state index contributed by atoms with van der Waals surface area (Å²) in [6, 6.07) is 15.2. The summed E-state index contributed by atoms with van der Waals surface area (Å²) in [6.45, 7) is 8.58. The lowest BCUT2D eigenvalue weighted by molar-refractivity contribution is 1.27. The zero-order valence-corrected chi connectivity index (χ0v) is 12.5. The van der Waals surface area contributed by atoms with Gasteiger partial charge in [0.1, 0.15) is 0 Å². The van der Waals surface area contributed by atoms with Gasteiger partial charge in [0.2, 0.25) is 0 Å². The van der Waals surface area contributed by atoms with Crippen molar-refractivity contribution in [2.75, 3.05) is 0 Å². The minimum Gasteiger partial charge on any atom is -0.248 e. The highest BCUT2D eigenvalue weighted by Crippen LogP contribution is 2.27. The molecule has 0 N–H and O–H groups in total. The Bertz CT molecular complexity index is 800. The third kappa shape index (κ3) is 2.20. The molecule has 0 fully saturated rings. The highest BCUT2D eigenvalue weighted by atomic mass is 14.7. The summed E-state index contributed by atoms with van der Waals surface area (Å²) in [5, 5.41) is 1.20. The number of fused-ring (bicyclic) bond motifs is 1. The zero-order valence-electron chi connectivity index (χ0n) is 12.5. The molecule has 1 aromatic heterocycles. The van der Waals surface area contributed by atoms with Crippen LogP contribution in [0.15, 0.2) is 42.5 Å². The fourth-order valence-electron chi connectivity index (χ4n) is 2.68. The molecular formula is C19H19N. The van der Waals surface area contributed by atoms with E-state index in [4.69, 9.17) is 4.98 Å². The summed E-state index contributed by atoms with van der Waals surface area (Å²) in [5.41, 5.74) is 8.55. The van der Waals surface area contributed by atoms with Crippen molar-refractivity contribution in [2.24, 2.45) is 0 Å². The van der Waals surface area contributed by atoms with Gasteiger partial charge in [-0.25, -0.2) is 4.98 Å². The third-order valence-electron chi connectivity index (χ3n) is 3.94. The summed E-state index contributed by atoms with van der Waals surface area (Å²) in [4.78, 5) is 4.85. The maximum atomic E-state index is 4.85. The molecule has 0 radical (unpaired) electrons. The molecule has 3 aromatic rings. The van der Waals surface area contributed by atoms with E-state index in [0.29, 0.717) is 0 Å². The molecular weight excluding hydrogens is 242 g/mol. The second-order valence-electron chi connectivity index (χ2n) is 5.65. The zero-order chi connectivity index (χ0) is 14.3. The molecule has 0 bridgehead atoms. The molecule has 100 valence electrons. The minimum absolute atomic E-state index is 1.06. The Balaban J connectivity index is 2.24. The van der Waals surface area contributed by atoms with Crippen LogP contribution in [0.1, 0.15) is 22.3 Å². The second-order valence-corrected chi connectivity index (χ2v) is 5.65. The van der Waals surface area contributed by atoms with Crippen molar-refractivity contribution < 1.29 is 0 Å². The fourth-order valence-corrected chi connectivity index (χ4v) is 2.68. The van der Waals surface area contributed by atoms with E-state index >= 15 is 0 Å². The Hall–Kier alpha value is -2.15. The molecule has 0 saturated carbocycles. The Morgan fingerprint density at radius 3 is 2.30 bits per heavy atom. The van der Waals surface area contributed by atoms with Crippen LogP contribution in [0.5, 0.6) is 0 Å². The molecule has 0 aliphatic heterocycles.